The van der Waals surface area contributed by atoms with E-state index in [0.717, 1.165) is 0 Å². The summed E-state index contributed by atoms with van der Waals surface area (Å²) in [5.74, 6) is -1.33. The van der Waals surface area contributed by atoms with Gasteiger partial charge in [-0.2, -0.15) is 0 Å². The molecule has 0 amide bonds. The van der Waals surface area contributed by atoms with Crippen LogP contribution in [-0.2, 0) is 4.79 Å². The van der Waals surface area contributed by atoms with Crippen molar-refractivity contribution in [3.8, 4) is 0 Å². The van der Waals surface area contributed by atoms with Gasteiger partial charge < -0.3 is 12.0 Å². The van der Waals surface area contributed by atoms with E-state index in [1.165, 1.54) is 6.92 Å². The van der Waals surface area contributed by atoms with Crippen molar-refractivity contribution in [1.29, 1.82) is 0 Å². The molecule has 0 aromatic rings. The molecule has 7 heavy (non-hydrogen) atoms. The van der Waals surface area contributed by atoms with E-state index < -0.39 is 11.9 Å². The Balaban J connectivity index is 0. The number of hydrogen-bond acceptors (Lipinski definition) is 1. The standard InChI is InChI=1S/C4H7O2.Na/c1-3(2)4(5)6;/h3H,1H2,2H3,(H,5,6);/q-1;+1. The molecular weight excluding hydrogens is 103 g/mol. The average molecular weight is 110 g/mol. The summed E-state index contributed by atoms with van der Waals surface area (Å²) in [6, 6.07) is 0. The molecule has 0 aliphatic heterocycles. The first-order valence-electron chi connectivity index (χ1n) is 1.70. The van der Waals surface area contributed by atoms with Crippen LogP contribution in [-0.4, -0.2) is 11.1 Å². The third kappa shape index (κ3) is 6.47. The fourth-order valence-corrected chi connectivity index (χ4v) is 0. The van der Waals surface area contributed by atoms with Crippen LogP contribution in [0, 0.1) is 12.8 Å². The van der Waals surface area contributed by atoms with Gasteiger partial charge in [0.05, 0.1) is 0 Å². The Labute approximate surface area is 65.2 Å². The van der Waals surface area contributed by atoms with E-state index in [1.54, 1.807) is 0 Å². The molecule has 1 N–H and O–H groups in total. The van der Waals surface area contributed by atoms with E-state index in [-0.39, 0.29) is 29.6 Å². The molecule has 0 saturated heterocycles. The molecule has 0 aromatic carbocycles. The zero-order valence-corrected chi connectivity index (χ0v) is 6.64. The van der Waals surface area contributed by atoms with Crippen LogP contribution in [0.4, 0.5) is 0 Å². The van der Waals surface area contributed by atoms with Crippen molar-refractivity contribution in [2.45, 2.75) is 6.92 Å². The predicted molar refractivity (Wildman–Crippen MR) is 22.2 cm³/mol. The summed E-state index contributed by atoms with van der Waals surface area (Å²) in [5, 5.41) is 7.93. The quantitative estimate of drug-likeness (QED) is 0.300. The first-order chi connectivity index (χ1) is 2.64. The normalized spacial score (nSPS) is 11.7. The number of hydrogen-bond donors (Lipinski definition) is 1. The Bertz CT molecular complexity index is 60.7. The average Bonchev–Trinajstić information content (AvgIpc) is 1.36. The Morgan fingerprint density at radius 3 is 2.00 bits per heavy atom. The topological polar surface area (TPSA) is 37.3 Å². The van der Waals surface area contributed by atoms with Crippen LogP contribution in [0.2, 0.25) is 0 Å². The van der Waals surface area contributed by atoms with Gasteiger partial charge in [0.25, 0.3) is 5.97 Å². The number of carbonyl (C=O) groups is 1. The van der Waals surface area contributed by atoms with Gasteiger partial charge in [0.1, 0.15) is 0 Å². The number of carboxylic acid groups (broad SMARTS) is 1. The van der Waals surface area contributed by atoms with Crippen LogP contribution >= 0.6 is 0 Å². The van der Waals surface area contributed by atoms with Crippen molar-refractivity contribution in [1.82, 2.24) is 0 Å². The summed E-state index contributed by atoms with van der Waals surface area (Å²) >= 11 is 0. The molecule has 0 rings (SSSR count). The predicted octanol–water partition coefficient (Wildman–Crippen LogP) is -2.45. The summed E-state index contributed by atoms with van der Waals surface area (Å²) in [6.45, 7) is 4.77. The number of aliphatic carboxylic acids is 1. The number of carboxylic acids is 1. The SMILES string of the molecule is [CH2-]C(C)C(=O)O.[Na+]. The van der Waals surface area contributed by atoms with E-state index in [0.29, 0.717) is 0 Å². The fourth-order valence-electron chi connectivity index (χ4n) is 0. The first kappa shape index (κ1) is 10.5. The first-order valence-corrected chi connectivity index (χ1v) is 1.70. The van der Waals surface area contributed by atoms with Gasteiger partial charge in [-0.3, -0.25) is 4.79 Å². The Kier molecular flexibility index (Phi) is 6.90. The third-order valence-corrected chi connectivity index (χ3v) is 0.422. The fraction of sp³-hybridized carbons (Fsp3) is 0.500. The molecule has 1 atom stereocenters. The summed E-state index contributed by atoms with van der Waals surface area (Å²) in [4.78, 5) is 9.64. The molecule has 0 radical (unpaired) electrons. The Morgan fingerprint density at radius 1 is 1.86 bits per heavy atom. The Morgan fingerprint density at radius 2 is 2.00 bits per heavy atom. The third-order valence-electron chi connectivity index (χ3n) is 0.422. The van der Waals surface area contributed by atoms with Crippen molar-refractivity contribution in [2.24, 2.45) is 5.92 Å². The molecule has 3 heteroatoms. The van der Waals surface area contributed by atoms with E-state index in [9.17, 15) is 4.79 Å². The summed E-state index contributed by atoms with van der Waals surface area (Å²) in [5.41, 5.74) is 0. The van der Waals surface area contributed by atoms with Crippen LogP contribution in [0.25, 0.3) is 0 Å². The second-order valence-electron chi connectivity index (χ2n) is 1.24. The van der Waals surface area contributed by atoms with E-state index in [1.807, 2.05) is 0 Å². The monoisotopic (exact) mass is 110 g/mol. The maximum Gasteiger partial charge on any atom is 1.00 e. The van der Waals surface area contributed by atoms with Gasteiger partial charge in [-0.1, -0.05) is 12.8 Å². The minimum absolute atomic E-state index is 0. The maximum absolute atomic E-state index is 9.64. The summed E-state index contributed by atoms with van der Waals surface area (Å²) < 4.78 is 0. The van der Waals surface area contributed by atoms with E-state index in [2.05, 4.69) is 6.92 Å². The maximum atomic E-state index is 9.64. The molecular formula is C4H7NaO2. The van der Waals surface area contributed by atoms with E-state index >= 15 is 0 Å². The molecule has 0 spiro atoms. The largest absolute Gasteiger partial charge is 1.00 e. The second-order valence-corrected chi connectivity index (χ2v) is 1.24. The molecule has 0 aliphatic rings. The van der Waals surface area contributed by atoms with Crippen LogP contribution in [0.3, 0.4) is 0 Å². The number of rotatable bonds is 1. The van der Waals surface area contributed by atoms with Crippen molar-refractivity contribution in [2.75, 3.05) is 0 Å². The summed E-state index contributed by atoms with van der Waals surface area (Å²) in [6.07, 6.45) is 0. The van der Waals surface area contributed by atoms with Crippen molar-refractivity contribution < 1.29 is 39.5 Å². The van der Waals surface area contributed by atoms with Gasteiger partial charge in [0.15, 0.2) is 0 Å². The minimum Gasteiger partial charge on any atom is -0.483 e. The molecule has 36 valence electrons. The molecule has 0 heterocycles. The van der Waals surface area contributed by atoms with Crippen LogP contribution in [0.1, 0.15) is 6.92 Å². The zero-order chi connectivity index (χ0) is 5.15. The zero-order valence-electron chi connectivity index (χ0n) is 4.64. The minimum atomic E-state index is -0.852. The molecule has 0 aromatic heterocycles. The second kappa shape index (κ2) is 4.62. The van der Waals surface area contributed by atoms with Crippen molar-refractivity contribution >= 4 is 5.97 Å². The Hall–Kier alpha value is 0.470. The van der Waals surface area contributed by atoms with Gasteiger partial charge >= 0.3 is 29.6 Å². The van der Waals surface area contributed by atoms with Crippen LogP contribution in [0.15, 0.2) is 0 Å². The van der Waals surface area contributed by atoms with Crippen molar-refractivity contribution in [3.05, 3.63) is 6.92 Å². The molecule has 2 nitrogen and oxygen atoms in total. The van der Waals surface area contributed by atoms with Gasteiger partial charge in [-0.15, -0.1) is 0 Å². The van der Waals surface area contributed by atoms with Crippen LogP contribution in [0.5, 0.6) is 0 Å². The van der Waals surface area contributed by atoms with Crippen LogP contribution < -0.4 is 29.6 Å². The smallest absolute Gasteiger partial charge is 0.483 e. The molecule has 0 aliphatic carbocycles. The van der Waals surface area contributed by atoms with E-state index in [4.69, 9.17) is 5.11 Å². The molecule has 0 fully saturated rings. The van der Waals surface area contributed by atoms with Gasteiger partial charge in [0, 0.05) is 0 Å². The molecule has 1 unspecified atom stereocenters. The van der Waals surface area contributed by atoms with Gasteiger partial charge in [0.2, 0.25) is 0 Å². The van der Waals surface area contributed by atoms with Gasteiger partial charge in [-0.05, 0) is 0 Å². The molecule has 0 saturated carbocycles. The summed E-state index contributed by atoms with van der Waals surface area (Å²) in [7, 11) is 0. The van der Waals surface area contributed by atoms with Crippen molar-refractivity contribution in [3.63, 3.8) is 0 Å². The molecule has 0 bridgehead atoms. The van der Waals surface area contributed by atoms with Gasteiger partial charge in [-0.25, -0.2) is 0 Å².